The quantitative estimate of drug-likeness (QED) is 0.820. The molecule has 2 rings (SSSR count). The molecule has 0 saturated heterocycles. The molecule has 0 aliphatic rings. The zero-order chi connectivity index (χ0) is 10.1. The number of rotatable bonds is 2. The minimum atomic E-state index is 0.366. The van der Waals surface area contributed by atoms with Gasteiger partial charge in [-0.05, 0) is 31.5 Å². The van der Waals surface area contributed by atoms with Crippen molar-refractivity contribution in [3.8, 4) is 11.5 Å². The zero-order valence-electron chi connectivity index (χ0n) is 8.20. The molecule has 14 heavy (non-hydrogen) atoms. The summed E-state index contributed by atoms with van der Waals surface area (Å²) in [7, 11) is 0. The molecule has 0 aliphatic carbocycles. The van der Waals surface area contributed by atoms with Crippen molar-refractivity contribution < 1.29 is 9.84 Å². The highest BCUT2D eigenvalue weighted by Crippen LogP contribution is 2.36. The first kappa shape index (κ1) is 9.34. The average molecular weight is 208 g/mol. The van der Waals surface area contributed by atoms with E-state index < -0.39 is 0 Å². The summed E-state index contributed by atoms with van der Waals surface area (Å²) in [5.74, 6) is 1.24. The van der Waals surface area contributed by atoms with E-state index in [4.69, 9.17) is 4.74 Å². The molecule has 0 unspecified atom stereocenters. The van der Waals surface area contributed by atoms with Gasteiger partial charge in [-0.3, -0.25) is 0 Å². The molecule has 0 fully saturated rings. The SMILES string of the molecule is CCOc1cc(C)c2c(O)csc2c1. The summed E-state index contributed by atoms with van der Waals surface area (Å²) in [6.45, 7) is 4.62. The minimum absolute atomic E-state index is 0.366. The molecule has 2 nitrogen and oxygen atoms in total. The molecule has 0 spiro atoms. The van der Waals surface area contributed by atoms with Crippen LogP contribution in [0.5, 0.6) is 11.5 Å². The van der Waals surface area contributed by atoms with Crippen molar-refractivity contribution in [3.05, 3.63) is 23.1 Å². The Morgan fingerprint density at radius 3 is 2.93 bits per heavy atom. The maximum absolute atomic E-state index is 9.58. The fourth-order valence-corrected chi connectivity index (χ4v) is 2.50. The number of aryl methyl sites for hydroxylation is 1. The van der Waals surface area contributed by atoms with E-state index in [1.165, 1.54) is 11.3 Å². The van der Waals surface area contributed by atoms with Crippen LogP contribution in [0.4, 0.5) is 0 Å². The summed E-state index contributed by atoms with van der Waals surface area (Å²) in [5.41, 5.74) is 1.06. The van der Waals surface area contributed by atoms with Crippen LogP contribution in [0.25, 0.3) is 10.1 Å². The Kier molecular flexibility index (Phi) is 2.33. The smallest absolute Gasteiger partial charge is 0.134 e. The molecule has 1 N–H and O–H groups in total. The third-order valence-electron chi connectivity index (χ3n) is 2.14. The van der Waals surface area contributed by atoms with E-state index in [0.29, 0.717) is 12.4 Å². The molecule has 2 aromatic rings. The van der Waals surface area contributed by atoms with Gasteiger partial charge in [0.25, 0.3) is 0 Å². The first-order chi connectivity index (χ1) is 6.72. The molecular formula is C11H12O2S. The third kappa shape index (κ3) is 1.44. The second kappa shape index (κ2) is 3.50. The highest BCUT2D eigenvalue weighted by atomic mass is 32.1. The van der Waals surface area contributed by atoms with Crippen LogP contribution in [-0.2, 0) is 0 Å². The second-order valence-electron chi connectivity index (χ2n) is 3.17. The third-order valence-corrected chi connectivity index (χ3v) is 3.05. The van der Waals surface area contributed by atoms with Crippen LogP contribution in [0, 0.1) is 6.92 Å². The number of fused-ring (bicyclic) bond motifs is 1. The van der Waals surface area contributed by atoms with Crippen molar-refractivity contribution in [2.24, 2.45) is 0 Å². The van der Waals surface area contributed by atoms with Gasteiger partial charge in [0.05, 0.1) is 6.61 Å². The largest absolute Gasteiger partial charge is 0.506 e. The predicted octanol–water partition coefficient (Wildman–Crippen LogP) is 3.31. The fourth-order valence-electron chi connectivity index (χ4n) is 1.57. The molecule has 0 radical (unpaired) electrons. The number of hydrogen-bond acceptors (Lipinski definition) is 3. The molecule has 0 amide bonds. The van der Waals surface area contributed by atoms with E-state index in [1.807, 2.05) is 26.0 Å². The van der Waals surface area contributed by atoms with Crippen LogP contribution < -0.4 is 4.74 Å². The summed E-state index contributed by atoms with van der Waals surface area (Å²) >= 11 is 1.54. The van der Waals surface area contributed by atoms with Gasteiger partial charge >= 0.3 is 0 Å². The molecule has 3 heteroatoms. The highest BCUT2D eigenvalue weighted by Gasteiger charge is 2.07. The maximum Gasteiger partial charge on any atom is 0.134 e. The van der Waals surface area contributed by atoms with Gasteiger partial charge in [-0.1, -0.05) is 0 Å². The molecular weight excluding hydrogens is 196 g/mol. The van der Waals surface area contributed by atoms with Crippen LogP contribution >= 0.6 is 11.3 Å². The number of thiophene rings is 1. The molecule has 74 valence electrons. The van der Waals surface area contributed by atoms with E-state index in [0.717, 1.165) is 21.4 Å². The van der Waals surface area contributed by atoms with Crippen LogP contribution in [0.3, 0.4) is 0 Å². The zero-order valence-corrected chi connectivity index (χ0v) is 9.02. The maximum atomic E-state index is 9.58. The highest BCUT2D eigenvalue weighted by molar-refractivity contribution is 7.17. The van der Waals surface area contributed by atoms with Gasteiger partial charge in [-0.15, -0.1) is 11.3 Å². The Morgan fingerprint density at radius 1 is 1.43 bits per heavy atom. The molecule has 0 aliphatic heterocycles. The molecule has 0 bridgehead atoms. The van der Waals surface area contributed by atoms with Crippen molar-refractivity contribution in [3.63, 3.8) is 0 Å². The average Bonchev–Trinajstić information content (AvgIpc) is 2.48. The Hall–Kier alpha value is -1.22. The minimum Gasteiger partial charge on any atom is -0.506 e. The summed E-state index contributed by atoms with van der Waals surface area (Å²) in [4.78, 5) is 0. The lowest BCUT2D eigenvalue weighted by Gasteiger charge is -2.05. The van der Waals surface area contributed by atoms with Gasteiger partial charge in [0.15, 0.2) is 0 Å². The summed E-state index contributed by atoms with van der Waals surface area (Å²) < 4.78 is 6.50. The molecule has 1 heterocycles. The number of benzene rings is 1. The van der Waals surface area contributed by atoms with Gasteiger partial charge in [-0.25, -0.2) is 0 Å². The lowest BCUT2D eigenvalue weighted by atomic mass is 10.1. The van der Waals surface area contributed by atoms with Gasteiger partial charge in [-0.2, -0.15) is 0 Å². The number of hydrogen-bond donors (Lipinski definition) is 1. The Balaban J connectivity index is 2.62. The van der Waals surface area contributed by atoms with Crippen LogP contribution in [-0.4, -0.2) is 11.7 Å². The van der Waals surface area contributed by atoms with E-state index in [-0.39, 0.29) is 0 Å². The van der Waals surface area contributed by atoms with Crippen molar-refractivity contribution in [1.29, 1.82) is 0 Å². The molecule has 0 saturated carbocycles. The Morgan fingerprint density at radius 2 is 2.21 bits per heavy atom. The van der Waals surface area contributed by atoms with Crippen molar-refractivity contribution in [1.82, 2.24) is 0 Å². The van der Waals surface area contributed by atoms with Gasteiger partial charge in [0.2, 0.25) is 0 Å². The van der Waals surface area contributed by atoms with Crippen LogP contribution in [0.1, 0.15) is 12.5 Å². The van der Waals surface area contributed by atoms with Crippen molar-refractivity contribution in [2.75, 3.05) is 6.61 Å². The monoisotopic (exact) mass is 208 g/mol. The first-order valence-corrected chi connectivity index (χ1v) is 5.44. The Labute approximate surface area is 86.8 Å². The first-order valence-electron chi connectivity index (χ1n) is 4.56. The summed E-state index contributed by atoms with van der Waals surface area (Å²) in [5, 5.41) is 12.3. The van der Waals surface area contributed by atoms with Gasteiger partial charge < -0.3 is 9.84 Å². The van der Waals surface area contributed by atoms with Crippen LogP contribution in [0.2, 0.25) is 0 Å². The lowest BCUT2D eigenvalue weighted by Crippen LogP contribution is -1.91. The topological polar surface area (TPSA) is 29.5 Å². The predicted molar refractivity (Wildman–Crippen MR) is 59.4 cm³/mol. The second-order valence-corrected chi connectivity index (χ2v) is 4.08. The number of ether oxygens (including phenoxy) is 1. The molecule has 0 atom stereocenters. The van der Waals surface area contributed by atoms with Crippen molar-refractivity contribution in [2.45, 2.75) is 13.8 Å². The standard InChI is InChI=1S/C11H12O2S/c1-3-13-8-4-7(2)11-9(12)6-14-10(11)5-8/h4-6,12H,3H2,1-2H3. The fraction of sp³-hybridized carbons (Fsp3) is 0.273. The van der Waals surface area contributed by atoms with Gasteiger partial charge in [0.1, 0.15) is 11.5 Å². The lowest BCUT2D eigenvalue weighted by molar-refractivity contribution is 0.340. The van der Waals surface area contributed by atoms with Crippen molar-refractivity contribution >= 4 is 21.4 Å². The van der Waals surface area contributed by atoms with E-state index >= 15 is 0 Å². The molecule has 1 aromatic carbocycles. The van der Waals surface area contributed by atoms with Crippen LogP contribution in [0.15, 0.2) is 17.5 Å². The Bertz CT molecular complexity index is 460. The molecule has 1 aromatic heterocycles. The number of aromatic hydroxyl groups is 1. The van der Waals surface area contributed by atoms with Gasteiger partial charge in [0, 0.05) is 15.5 Å². The van der Waals surface area contributed by atoms with E-state index in [2.05, 4.69) is 0 Å². The summed E-state index contributed by atoms with van der Waals surface area (Å²) in [6.07, 6.45) is 0. The normalized spacial score (nSPS) is 10.7. The van der Waals surface area contributed by atoms with E-state index in [1.54, 1.807) is 5.38 Å². The summed E-state index contributed by atoms with van der Waals surface area (Å²) in [6, 6.07) is 3.93. The van der Waals surface area contributed by atoms with E-state index in [9.17, 15) is 5.11 Å².